The zero-order chi connectivity index (χ0) is 13.3. The Bertz CT molecular complexity index is 658. The van der Waals surface area contributed by atoms with Gasteiger partial charge in [0, 0.05) is 11.1 Å². The Kier molecular flexibility index (Phi) is 3.71. The van der Waals surface area contributed by atoms with Gasteiger partial charge in [0.2, 0.25) is 0 Å². The van der Waals surface area contributed by atoms with Gasteiger partial charge in [0.25, 0.3) is 10.0 Å². The lowest BCUT2D eigenvalue weighted by Gasteiger charge is -2.06. The molecule has 0 aliphatic carbocycles. The van der Waals surface area contributed by atoms with E-state index in [1.165, 1.54) is 22.7 Å². The molecule has 0 amide bonds. The summed E-state index contributed by atoms with van der Waals surface area (Å²) in [4.78, 5) is 5.49. The molecule has 0 atom stereocenters. The number of aromatic nitrogens is 1. The Labute approximate surface area is 113 Å². The minimum atomic E-state index is -3.68. The third kappa shape index (κ3) is 2.56. The number of aryl methyl sites for hydroxylation is 2. The largest absolute Gasteiger partial charge is 0.391 e. The Hall–Kier alpha value is -0.960. The fraction of sp³-hybridized carbons (Fsp3) is 0.300. The second-order valence-electron chi connectivity index (χ2n) is 3.71. The first-order chi connectivity index (χ1) is 8.44. The first-order valence-electron chi connectivity index (χ1n) is 5.07. The number of sulfonamides is 1. The average molecular weight is 304 g/mol. The van der Waals surface area contributed by atoms with E-state index in [2.05, 4.69) is 9.71 Å². The van der Waals surface area contributed by atoms with Gasteiger partial charge < -0.3 is 5.11 Å². The first kappa shape index (κ1) is 13.5. The van der Waals surface area contributed by atoms with Crippen molar-refractivity contribution in [2.24, 2.45) is 0 Å². The Morgan fingerprint density at radius 1 is 1.44 bits per heavy atom. The minimum absolute atomic E-state index is 0.155. The van der Waals surface area contributed by atoms with Gasteiger partial charge in [0.05, 0.1) is 11.5 Å². The number of thiophene rings is 1. The summed E-state index contributed by atoms with van der Waals surface area (Å²) in [5, 5.41) is 11.2. The Morgan fingerprint density at radius 2 is 2.17 bits per heavy atom. The van der Waals surface area contributed by atoms with Gasteiger partial charge in [-0.3, -0.25) is 4.72 Å². The molecule has 0 aliphatic rings. The van der Waals surface area contributed by atoms with Crippen LogP contribution in [0.15, 0.2) is 16.5 Å². The highest BCUT2D eigenvalue weighted by Crippen LogP contribution is 2.29. The van der Waals surface area contributed by atoms with E-state index in [9.17, 15) is 13.5 Å². The van der Waals surface area contributed by atoms with Crippen molar-refractivity contribution in [1.82, 2.24) is 4.98 Å². The van der Waals surface area contributed by atoms with Gasteiger partial charge in [-0.1, -0.05) is 0 Å². The van der Waals surface area contributed by atoms with Crippen LogP contribution in [0.2, 0.25) is 0 Å². The molecule has 0 unspecified atom stereocenters. The molecular formula is C10H12N2O3S3. The van der Waals surface area contributed by atoms with Crippen molar-refractivity contribution in [3.63, 3.8) is 0 Å². The number of anilines is 1. The minimum Gasteiger partial charge on any atom is -0.391 e. The molecule has 98 valence electrons. The van der Waals surface area contributed by atoms with Gasteiger partial charge in [0.15, 0.2) is 5.13 Å². The smallest absolute Gasteiger partial charge is 0.265 e. The number of nitrogens with zero attached hydrogens (tertiary/aromatic N) is 1. The van der Waals surface area contributed by atoms with Crippen LogP contribution in [0.25, 0.3) is 0 Å². The van der Waals surface area contributed by atoms with E-state index >= 15 is 0 Å². The third-order valence-electron chi connectivity index (χ3n) is 2.24. The zero-order valence-electron chi connectivity index (χ0n) is 9.80. The monoisotopic (exact) mass is 304 g/mol. The molecule has 0 fully saturated rings. The van der Waals surface area contributed by atoms with Crippen LogP contribution in [0.4, 0.5) is 5.13 Å². The molecule has 2 heterocycles. The van der Waals surface area contributed by atoms with Gasteiger partial charge in [0.1, 0.15) is 4.90 Å². The molecule has 2 aromatic rings. The molecule has 0 aromatic carbocycles. The predicted octanol–water partition coefficient (Wildman–Crippen LogP) is 2.11. The molecule has 0 bridgehead atoms. The van der Waals surface area contributed by atoms with Crippen LogP contribution in [-0.2, 0) is 16.6 Å². The molecule has 8 heteroatoms. The van der Waals surface area contributed by atoms with Crippen molar-refractivity contribution in [3.8, 4) is 0 Å². The van der Waals surface area contributed by atoms with Gasteiger partial charge in [-0.05, 0) is 24.8 Å². The highest BCUT2D eigenvalue weighted by molar-refractivity contribution is 7.93. The van der Waals surface area contributed by atoms with Crippen molar-refractivity contribution in [1.29, 1.82) is 0 Å². The fourth-order valence-electron chi connectivity index (χ4n) is 1.53. The quantitative estimate of drug-likeness (QED) is 0.906. The number of hydrogen-bond acceptors (Lipinski definition) is 6. The Balaban J connectivity index is 2.39. The van der Waals surface area contributed by atoms with E-state index in [4.69, 9.17) is 0 Å². The molecular weight excluding hydrogens is 292 g/mol. The third-order valence-corrected chi connectivity index (χ3v) is 5.99. The van der Waals surface area contributed by atoms with Crippen molar-refractivity contribution >= 4 is 37.8 Å². The molecule has 2 N–H and O–H groups in total. The molecule has 0 saturated carbocycles. The molecule has 2 rings (SSSR count). The fourth-order valence-corrected chi connectivity index (χ4v) is 5.10. The summed E-state index contributed by atoms with van der Waals surface area (Å²) in [7, 11) is -3.68. The lowest BCUT2D eigenvalue weighted by molar-refractivity contribution is 0.282. The van der Waals surface area contributed by atoms with E-state index in [-0.39, 0.29) is 11.5 Å². The van der Waals surface area contributed by atoms with Crippen molar-refractivity contribution in [2.45, 2.75) is 25.3 Å². The normalized spacial score (nSPS) is 11.7. The SMILES string of the molecule is Cc1cnc(NS(=O)(=O)c2c(C)csc2CO)s1. The maximum Gasteiger partial charge on any atom is 0.265 e. The lowest BCUT2D eigenvalue weighted by Crippen LogP contribution is -2.14. The highest BCUT2D eigenvalue weighted by atomic mass is 32.2. The van der Waals surface area contributed by atoms with Crippen molar-refractivity contribution < 1.29 is 13.5 Å². The van der Waals surface area contributed by atoms with Crippen LogP contribution in [-0.4, -0.2) is 18.5 Å². The standard InChI is InChI=1S/C10H12N2O3S3/c1-6-5-16-8(4-13)9(6)18(14,15)12-10-11-3-7(2)17-10/h3,5,13H,4H2,1-2H3,(H,11,12). The van der Waals surface area contributed by atoms with Gasteiger partial charge in [-0.25, -0.2) is 13.4 Å². The van der Waals surface area contributed by atoms with E-state index < -0.39 is 10.0 Å². The van der Waals surface area contributed by atoms with Crippen LogP contribution in [0.1, 0.15) is 15.3 Å². The molecule has 0 radical (unpaired) electrons. The lowest BCUT2D eigenvalue weighted by atomic mass is 10.3. The first-order valence-corrected chi connectivity index (χ1v) is 8.25. The summed E-state index contributed by atoms with van der Waals surface area (Å²) in [6.45, 7) is 3.27. The van der Waals surface area contributed by atoms with Gasteiger partial charge in [-0.15, -0.1) is 22.7 Å². The summed E-state index contributed by atoms with van der Waals surface area (Å²) in [5.41, 5.74) is 0.629. The van der Waals surface area contributed by atoms with E-state index in [1.54, 1.807) is 18.5 Å². The molecule has 0 saturated heterocycles. The molecule has 0 aliphatic heterocycles. The van der Waals surface area contributed by atoms with Crippen LogP contribution in [0, 0.1) is 13.8 Å². The maximum atomic E-state index is 12.2. The number of nitrogens with one attached hydrogen (secondary N) is 1. The molecule has 5 nitrogen and oxygen atoms in total. The zero-order valence-corrected chi connectivity index (χ0v) is 12.2. The maximum absolute atomic E-state index is 12.2. The van der Waals surface area contributed by atoms with Crippen molar-refractivity contribution in [3.05, 3.63) is 26.9 Å². The summed E-state index contributed by atoms with van der Waals surface area (Å²) in [6, 6.07) is 0. The molecule has 0 spiro atoms. The van der Waals surface area contributed by atoms with E-state index in [0.29, 0.717) is 15.6 Å². The summed E-state index contributed by atoms with van der Waals surface area (Å²) in [6.07, 6.45) is 1.61. The van der Waals surface area contributed by atoms with Crippen LogP contribution in [0.3, 0.4) is 0 Å². The summed E-state index contributed by atoms with van der Waals surface area (Å²) >= 11 is 2.50. The van der Waals surface area contributed by atoms with E-state index in [0.717, 1.165) is 4.88 Å². The molecule has 2 aromatic heterocycles. The number of rotatable bonds is 4. The topological polar surface area (TPSA) is 79.3 Å². The second-order valence-corrected chi connectivity index (χ2v) is 7.53. The highest BCUT2D eigenvalue weighted by Gasteiger charge is 2.23. The number of aliphatic hydroxyl groups is 1. The summed E-state index contributed by atoms with van der Waals surface area (Å²) in [5.74, 6) is 0. The van der Waals surface area contributed by atoms with Crippen molar-refractivity contribution in [2.75, 3.05) is 4.72 Å². The second kappa shape index (κ2) is 4.96. The number of thiazole rings is 1. The van der Waals surface area contributed by atoms with E-state index in [1.807, 2.05) is 6.92 Å². The number of aliphatic hydroxyl groups excluding tert-OH is 1. The van der Waals surface area contributed by atoms with Crippen LogP contribution >= 0.6 is 22.7 Å². The van der Waals surface area contributed by atoms with Gasteiger partial charge >= 0.3 is 0 Å². The molecule has 18 heavy (non-hydrogen) atoms. The Morgan fingerprint density at radius 3 is 2.72 bits per heavy atom. The predicted molar refractivity (Wildman–Crippen MR) is 72.6 cm³/mol. The summed E-state index contributed by atoms with van der Waals surface area (Å²) < 4.78 is 26.9. The number of hydrogen-bond donors (Lipinski definition) is 2. The van der Waals surface area contributed by atoms with Crippen LogP contribution in [0.5, 0.6) is 0 Å². The van der Waals surface area contributed by atoms with Crippen LogP contribution < -0.4 is 4.72 Å². The average Bonchev–Trinajstić information content (AvgIpc) is 2.84. The van der Waals surface area contributed by atoms with Gasteiger partial charge in [-0.2, -0.15) is 0 Å².